The Morgan fingerprint density at radius 2 is 1.78 bits per heavy atom. The number of nitrogens with zero attached hydrogens (tertiary/aromatic N) is 4. The number of pyridine rings is 1. The predicted octanol–water partition coefficient (Wildman–Crippen LogP) is 5.44. The molecule has 0 radical (unpaired) electrons. The minimum Gasteiger partial charge on any atom is -0.493 e. The first kappa shape index (κ1) is 23.7. The molecule has 5 rings (SSSR count). The van der Waals surface area contributed by atoms with Crippen molar-refractivity contribution in [3.8, 4) is 11.5 Å². The average molecular weight is 489 g/mol. The van der Waals surface area contributed by atoms with Crippen LogP contribution in [-0.4, -0.2) is 53.2 Å². The lowest BCUT2D eigenvalue weighted by molar-refractivity contribution is 0.0383. The summed E-state index contributed by atoms with van der Waals surface area (Å²) in [6.45, 7) is 2.02. The van der Waals surface area contributed by atoms with Gasteiger partial charge in [-0.1, -0.05) is 11.6 Å². The summed E-state index contributed by atoms with van der Waals surface area (Å²) in [7, 11) is 5.77. The van der Waals surface area contributed by atoms with E-state index in [1.54, 1.807) is 13.3 Å². The normalized spacial score (nSPS) is 17.1. The molecule has 1 aliphatic rings. The van der Waals surface area contributed by atoms with Gasteiger partial charge in [0.1, 0.15) is 6.10 Å². The third-order valence-corrected chi connectivity index (χ3v) is 6.36. The van der Waals surface area contributed by atoms with E-state index in [9.17, 15) is 4.39 Å². The van der Waals surface area contributed by atoms with Crippen molar-refractivity contribution in [3.63, 3.8) is 0 Å². The van der Waals surface area contributed by atoms with Crippen molar-refractivity contribution >= 4 is 34.0 Å². The van der Waals surface area contributed by atoms with Crippen LogP contribution in [0.25, 0.3) is 10.9 Å². The first-order valence-electron chi connectivity index (χ1n) is 11.8. The fourth-order valence-corrected chi connectivity index (χ4v) is 4.18. The van der Waals surface area contributed by atoms with Crippen molar-refractivity contribution < 1.29 is 13.9 Å². The standard InChI is InChI=1S/C27H29FN6O2/c1-16-5-7-23-17(9-16)10-19(14-29-23)31-26-22(28)15-30-27(33-26)32-18-6-8-24(25(11-18)35-4)36-21-12-20(13-21)34(2)3/h5-11,14-15,20-21H,12-13H2,1-4H3,(H2,30,31,32,33). The van der Waals surface area contributed by atoms with E-state index in [0.717, 1.165) is 35.5 Å². The van der Waals surface area contributed by atoms with E-state index in [2.05, 4.69) is 44.6 Å². The highest BCUT2D eigenvalue weighted by atomic mass is 19.1. The molecule has 0 saturated heterocycles. The number of benzene rings is 2. The second-order valence-electron chi connectivity index (χ2n) is 9.25. The number of aromatic nitrogens is 3. The zero-order chi connectivity index (χ0) is 25.2. The Labute approximate surface area is 209 Å². The van der Waals surface area contributed by atoms with E-state index in [1.165, 1.54) is 0 Å². The lowest BCUT2D eigenvalue weighted by Gasteiger charge is -2.39. The largest absolute Gasteiger partial charge is 0.493 e. The number of aryl methyl sites for hydroxylation is 1. The number of nitrogens with one attached hydrogen (secondary N) is 2. The minimum absolute atomic E-state index is 0.0497. The van der Waals surface area contributed by atoms with Crippen molar-refractivity contribution in [1.82, 2.24) is 19.9 Å². The second-order valence-corrected chi connectivity index (χ2v) is 9.25. The van der Waals surface area contributed by atoms with Crippen LogP contribution in [0.1, 0.15) is 18.4 Å². The first-order valence-corrected chi connectivity index (χ1v) is 11.8. The Morgan fingerprint density at radius 1 is 0.944 bits per heavy atom. The van der Waals surface area contributed by atoms with Gasteiger partial charge in [-0.25, -0.2) is 9.37 Å². The van der Waals surface area contributed by atoms with Gasteiger partial charge in [0.05, 0.1) is 30.7 Å². The van der Waals surface area contributed by atoms with Crippen LogP contribution in [0.15, 0.2) is 54.9 Å². The zero-order valence-corrected chi connectivity index (χ0v) is 20.7. The number of halogens is 1. The van der Waals surface area contributed by atoms with Crippen LogP contribution in [0.4, 0.5) is 27.5 Å². The maximum atomic E-state index is 14.5. The van der Waals surface area contributed by atoms with E-state index in [-0.39, 0.29) is 17.9 Å². The molecule has 2 aromatic heterocycles. The van der Waals surface area contributed by atoms with E-state index in [0.29, 0.717) is 28.9 Å². The predicted molar refractivity (Wildman–Crippen MR) is 139 cm³/mol. The number of methoxy groups -OCH3 is 1. The lowest BCUT2D eigenvalue weighted by atomic mass is 9.88. The van der Waals surface area contributed by atoms with Crippen molar-refractivity contribution in [2.75, 3.05) is 31.8 Å². The van der Waals surface area contributed by atoms with Gasteiger partial charge in [-0.2, -0.15) is 4.98 Å². The molecule has 2 heterocycles. The maximum Gasteiger partial charge on any atom is 0.229 e. The Hall–Kier alpha value is -3.98. The van der Waals surface area contributed by atoms with Crippen LogP contribution in [0.5, 0.6) is 11.5 Å². The molecule has 0 atom stereocenters. The molecule has 8 nitrogen and oxygen atoms in total. The Kier molecular flexibility index (Phi) is 6.56. The van der Waals surface area contributed by atoms with Crippen LogP contribution in [0, 0.1) is 12.7 Å². The molecular formula is C27H29FN6O2. The third-order valence-electron chi connectivity index (χ3n) is 6.36. The molecule has 2 aromatic carbocycles. The number of hydrogen-bond acceptors (Lipinski definition) is 8. The number of rotatable bonds is 8. The summed E-state index contributed by atoms with van der Waals surface area (Å²) in [4.78, 5) is 15.1. The third kappa shape index (κ3) is 5.16. The summed E-state index contributed by atoms with van der Waals surface area (Å²) >= 11 is 0. The van der Waals surface area contributed by atoms with Gasteiger partial charge in [0.2, 0.25) is 5.95 Å². The Morgan fingerprint density at radius 3 is 2.56 bits per heavy atom. The minimum atomic E-state index is -0.567. The van der Waals surface area contributed by atoms with Crippen molar-refractivity contribution in [2.24, 2.45) is 0 Å². The number of fused-ring (bicyclic) bond motifs is 1. The van der Waals surface area contributed by atoms with Crippen LogP contribution in [0.3, 0.4) is 0 Å². The van der Waals surface area contributed by atoms with Gasteiger partial charge in [0.15, 0.2) is 23.1 Å². The second kappa shape index (κ2) is 9.94. The van der Waals surface area contributed by atoms with Crippen LogP contribution in [0.2, 0.25) is 0 Å². The highest BCUT2D eigenvalue weighted by Crippen LogP contribution is 2.36. The number of hydrogen-bond donors (Lipinski definition) is 2. The van der Waals surface area contributed by atoms with Crippen LogP contribution >= 0.6 is 0 Å². The molecule has 0 aliphatic heterocycles. The Balaban J connectivity index is 1.30. The molecule has 0 spiro atoms. The number of ether oxygens (including phenoxy) is 2. The van der Waals surface area contributed by atoms with E-state index < -0.39 is 5.82 Å². The van der Waals surface area contributed by atoms with Gasteiger partial charge < -0.3 is 25.0 Å². The Bertz CT molecular complexity index is 1390. The average Bonchev–Trinajstić information content (AvgIpc) is 2.83. The zero-order valence-electron chi connectivity index (χ0n) is 20.7. The van der Waals surface area contributed by atoms with E-state index >= 15 is 0 Å². The fourth-order valence-electron chi connectivity index (χ4n) is 4.18. The fraction of sp³-hybridized carbons (Fsp3) is 0.296. The molecule has 0 unspecified atom stereocenters. The molecule has 1 saturated carbocycles. The molecule has 0 amide bonds. The van der Waals surface area contributed by atoms with Crippen molar-refractivity contribution in [2.45, 2.75) is 31.9 Å². The molecule has 1 aliphatic carbocycles. The molecule has 4 aromatic rings. The van der Waals surface area contributed by atoms with Gasteiger partial charge in [0, 0.05) is 23.2 Å². The maximum absolute atomic E-state index is 14.5. The van der Waals surface area contributed by atoms with Gasteiger partial charge >= 0.3 is 0 Å². The summed E-state index contributed by atoms with van der Waals surface area (Å²) < 4.78 is 26.2. The highest BCUT2D eigenvalue weighted by Gasteiger charge is 2.32. The molecule has 1 fully saturated rings. The SMILES string of the molecule is COc1cc(Nc2ncc(F)c(Nc3cnc4ccc(C)cc4c3)n2)ccc1OC1CC(N(C)C)C1. The molecule has 186 valence electrons. The first-order chi connectivity index (χ1) is 17.4. The van der Waals surface area contributed by atoms with Gasteiger partial charge in [0.25, 0.3) is 0 Å². The van der Waals surface area contributed by atoms with E-state index in [1.807, 2.05) is 49.4 Å². The summed E-state index contributed by atoms with van der Waals surface area (Å²) in [6.07, 6.45) is 4.93. The monoisotopic (exact) mass is 488 g/mol. The molecule has 2 N–H and O–H groups in total. The summed E-state index contributed by atoms with van der Waals surface area (Å²) in [5.41, 5.74) is 3.32. The molecule has 36 heavy (non-hydrogen) atoms. The topological polar surface area (TPSA) is 84.4 Å². The van der Waals surface area contributed by atoms with Crippen molar-refractivity contribution in [3.05, 3.63) is 66.2 Å². The van der Waals surface area contributed by atoms with Gasteiger partial charge in [-0.05, 0) is 64.2 Å². The quantitative estimate of drug-likeness (QED) is 0.339. The van der Waals surface area contributed by atoms with Crippen LogP contribution < -0.4 is 20.1 Å². The van der Waals surface area contributed by atoms with Crippen molar-refractivity contribution in [1.29, 1.82) is 0 Å². The summed E-state index contributed by atoms with van der Waals surface area (Å²) in [5.74, 6) is 1.02. The lowest BCUT2D eigenvalue weighted by Crippen LogP contribution is -2.46. The molecular weight excluding hydrogens is 459 g/mol. The summed E-state index contributed by atoms with van der Waals surface area (Å²) in [6, 6.07) is 14.0. The smallest absolute Gasteiger partial charge is 0.229 e. The molecule has 0 bridgehead atoms. The van der Waals surface area contributed by atoms with Crippen LogP contribution in [-0.2, 0) is 0 Å². The number of anilines is 4. The van der Waals surface area contributed by atoms with Gasteiger partial charge in [-0.3, -0.25) is 4.98 Å². The summed E-state index contributed by atoms with van der Waals surface area (Å²) in [5, 5.41) is 7.08. The van der Waals surface area contributed by atoms with E-state index in [4.69, 9.17) is 9.47 Å². The molecule has 9 heteroatoms. The van der Waals surface area contributed by atoms with Gasteiger partial charge in [-0.15, -0.1) is 0 Å². The highest BCUT2D eigenvalue weighted by molar-refractivity contribution is 5.83.